The molecule has 0 aliphatic heterocycles. The van der Waals surface area contributed by atoms with Gasteiger partial charge in [0.15, 0.2) is 23.2 Å². The summed E-state index contributed by atoms with van der Waals surface area (Å²) in [5, 5.41) is 11.0. The summed E-state index contributed by atoms with van der Waals surface area (Å²) in [4.78, 5) is 18.0. The summed E-state index contributed by atoms with van der Waals surface area (Å²) in [6, 6.07) is 6.31. The number of benzene rings is 1. The van der Waals surface area contributed by atoms with Crippen LogP contribution in [0.1, 0.15) is 0 Å². The largest absolute Gasteiger partial charge is 0.448 e. The highest BCUT2D eigenvalue weighted by Gasteiger charge is 2.18. The van der Waals surface area contributed by atoms with Crippen LogP contribution in [0.25, 0.3) is 11.1 Å². The van der Waals surface area contributed by atoms with Crippen molar-refractivity contribution in [1.29, 1.82) is 0 Å². The number of nitrogens with zero attached hydrogens (tertiary/aromatic N) is 3. The van der Waals surface area contributed by atoms with E-state index in [2.05, 4.69) is 9.97 Å². The van der Waals surface area contributed by atoms with Crippen LogP contribution in [0.5, 0.6) is 11.5 Å². The van der Waals surface area contributed by atoms with Gasteiger partial charge < -0.3 is 9.15 Å². The summed E-state index contributed by atoms with van der Waals surface area (Å²) < 4.78 is 10.7. The number of aromatic nitrogens is 2. The van der Waals surface area contributed by atoms with Crippen molar-refractivity contribution in [2.45, 2.75) is 0 Å². The maximum Gasteiger partial charge on any atom is 0.329 e. The topological polar surface area (TPSA) is 91.3 Å². The van der Waals surface area contributed by atoms with E-state index in [-0.39, 0.29) is 16.6 Å². The van der Waals surface area contributed by atoms with Crippen molar-refractivity contribution in [1.82, 2.24) is 9.97 Å². The number of ether oxygens (including phenoxy) is 1. The molecule has 0 aliphatic carbocycles. The second-order valence-electron chi connectivity index (χ2n) is 3.79. The van der Waals surface area contributed by atoms with E-state index < -0.39 is 4.92 Å². The van der Waals surface area contributed by atoms with Crippen molar-refractivity contribution in [3.63, 3.8) is 0 Å². The second kappa shape index (κ2) is 4.78. The van der Waals surface area contributed by atoms with Crippen molar-refractivity contribution in [2.24, 2.45) is 0 Å². The Bertz CT molecular complexity index is 802. The fourth-order valence-corrected chi connectivity index (χ4v) is 1.83. The Kier molecular flexibility index (Phi) is 2.96. The summed E-state index contributed by atoms with van der Waals surface area (Å²) in [6.45, 7) is 0. The first-order chi connectivity index (χ1) is 9.65. The van der Waals surface area contributed by atoms with Crippen molar-refractivity contribution >= 4 is 28.4 Å². The molecule has 0 saturated heterocycles. The van der Waals surface area contributed by atoms with E-state index in [1.807, 2.05) is 0 Å². The summed E-state index contributed by atoms with van der Waals surface area (Å²) in [6.07, 6.45) is 2.31. The van der Waals surface area contributed by atoms with Gasteiger partial charge in [-0.15, -0.1) is 0 Å². The molecule has 0 amide bonds. The van der Waals surface area contributed by atoms with Crippen LogP contribution in [0.15, 0.2) is 41.3 Å². The van der Waals surface area contributed by atoms with Gasteiger partial charge in [-0.2, -0.15) is 0 Å². The minimum absolute atomic E-state index is 0.00880. The zero-order valence-corrected chi connectivity index (χ0v) is 10.6. The number of hydrogen-bond acceptors (Lipinski definition) is 6. The SMILES string of the molecule is O=[N+]([O-])c1cnc(Cl)cc1Oc1cccc2ocnc12. The normalized spacial score (nSPS) is 10.7. The average Bonchev–Trinajstić information content (AvgIpc) is 2.88. The van der Waals surface area contributed by atoms with E-state index in [0.29, 0.717) is 16.8 Å². The molecular weight excluding hydrogens is 286 g/mol. The molecule has 1 aromatic carbocycles. The van der Waals surface area contributed by atoms with Crippen molar-refractivity contribution in [3.05, 3.63) is 52.1 Å². The van der Waals surface area contributed by atoms with Gasteiger partial charge in [-0.05, 0) is 12.1 Å². The Balaban J connectivity index is 2.09. The van der Waals surface area contributed by atoms with Crippen molar-refractivity contribution < 1.29 is 14.1 Å². The van der Waals surface area contributed by atoms with E-state index in [4.69, 9.17) is 20.8 Å². The van der Waals surface area contributed by atoms with Gasteiger partial charge in [-0.25, -0.2) is 9.97 Å². The van der Waals surface area contributed by atoms with Crippen molar-refractivity contribution in [3.8, 4) is 11.5 Å². The van der Waals surface area contributed by atoms with E-state index in [0.717, 1.165) is 6.20 Å². The molecule has 0 aliphatic rings. The molecule has 3 rings (SSSR count). The summed E-state index contributed by atoms with van der Waals surface area (Å²) in [7, 11) is 0. The second-order valence-corrected chi connectivity index (χ2v) is 4.18. The number of nitro groups is 1. The fraction of sp³-hybridized carbons (Fsp3) is 0. The molecule has 7 nitrogen and oxygen atoms in total. The van der Waals surface area contributed by atoms with Gasteiger partial charge in [-0.3, -0.25) is 10.1 Å². The number of pyridine rings is 1. The third kappa shape index (κ3) is 2.14. The first kappa shape index (κ1) is 12.4. The van der Waals surface area contributed by atoms with Crippen LogP contribution in [0.4, 0.5) is 5.69 Å². The Morgan fingerprint density at radius 3 is 2.95 bits per heavy atom. The zero-order valence-electron chi connectivity index (χ0n) is 9.82. The number of hydrogen-bond donors (Lipinski definition) is 0. The van der Waals surface area contributed by atoms with Crippen LogP contribution < -0.4 is 4.74 Å². The van der Waals surface area contributed by atoms with Gasteiger partial charge in [0, 0.05) is 6.07 Å². The molecule has 0 fully saturated rings. The Labute approximate surface area is 116 Å². The highest BCUT2D eigenvalue weighted by molar-refractivity contribution is 6.29. The molecule has 100 valence electrons. The smallest absolute Gasteiger partial charge is 0.329 e. The molecule has 0 spiro atoms. The summed E-state index contributed by atoms with van der Waals surface area (Å²) in [5.74, 6) is 0.326. The number of fused-ring (bicyclic) bond motifs is 1. The Morgan fingerprint density at radius 2 is 2.15 bits per heavy atom. The highest BCUT2D eigenvalue weighted by Crippen LogP contribution is 2.35. The van der Waals surface area contributed by atoms with Crippen LogP contribution >= 0.6 is 11.6 Å². The van der Waals surface area contributed by atoms with Crippen LogP contribution in [-0.2, 0) is 0 Å². The molecule has 20 heavy (non-hydrogen) atoms. The van der Waals surface area contributed by atoms with E-state index in [1.165, 1.54) is 12.5 Å². The third-order valence-electron chi connectivity index (χ3n) is 2.55. The fourth-order valence-electron chi connectivity index (χ4n) is 1.69. The van der Waals surface area contributed by atoms with Crippen LogP contribution in [-0.4, -0.2) is 14.9 Å². The van der Waals surface area contributed by atoms with Crippen molar-refractivity contribution in [2.75, 3.05) is 0 Å². The molecule has 0 bridgehead atoms. The first-order valence-corrected chi connectivity index (χ1v) is 5.83. The van der Waals surface area contributed by atoms with Crippen LogP contribution in [0, 0.1) is 10.1 Å². The van der Waals surface area contributed by atoms with E-state index in [1.54, 1.807) is 18.2 Å². The molecule has 3 aromatic rings. The predicted molar refractivity (Wildman–Crippen MR) is 70.0 cm³/mol. The number of rotatable bonds is 3. The molecule has 2 heterocycles. The van der Waals surface area contributed by atoms with Gasteiger partial charge in [0.25, 0.3) is 0 Å². The minimum Gasteiger partial charge on any atom is -0.448 e. The first-order valence-electron chi connectivity index (χ1n) is 5.45. The lowest BCUT2D eigenvalue weighted by Gasteiger charge is -2.06. The molecule has 0 atom stereocenters. The molecular formula is C12H6ClN3O4. The highest BCUT2D eigenvalue weighted by atomic mass is 35.5. The summed E-state index contributed by atoms with van der Waals surface area (Å²) in [5.41, 5.74) is 0.704. The number of halogens is 1. The molecule has 0 saturated carbocycles. The Morgan fingerprint density at radius 1 is 1.30 bits per heavy atom. The third-order valence-corrected chi connectivity index (χ3v) is 2.76. The summed E-state index contributed by atoms with van der Waals surface area (Å²) >= 11 is 5.74. The quantitative estimate of drug-likeness (QED) is 0.416. The van der Waals surface area contributed by atoms with E-state index >= 15 is 0 Å². The Hall–Kier alpha value is -2.67. The maximum atomic E-state index is 10.9. The number of para-hydroxylation sites is 1. The lowest BCUT2D eigenvalue weighted by atomic mass is 10.3. The number of oxazole rings is 1. The van der Waals surface area contributed by atoms with Gasteiger partial charge in [0.1, 0.15) is 11.3 Å². The monoisotopic (exact) mass is 291 g/mol. The van der Waals surface area contributed by atoms with Gasteiger partial charge in [0.2, 0.25) is 5.75 Å². The lowest BCUT2D eigenvalue weighted by molar-refractivity contribution is -0.386. The molecule has 2 aromatic heterocycles. The van der Waals surface area contributed by atoms with Gasteiger partial charge in [0.05, 0.1) is 4.92 Å². The minimum atomic E-state index is -0.596. The standard InChI is InChI=1S/C12H6ClN3O4/c13-11-4-10(7(5-14-11)16(17)18)20-9-3-1-2-8-12(9)15-6-19-8/h1-6H. The maximum absolute atomic E-state index is 10.9. The zero-order chi connectivity index (χ0) is 14.1. The van der Waals surface area contributed by atoms with Gasteiger partial charge >= 0.3 is 5.69 Å². The molecule has 0 N–H and O–H groups in total. The molecule has 0 unspecified atom stereocenters. The van der Waals surface area contributed by atoms with Gasteiger partial charge in [-0.1, -0.05) is 17.7 Å². The lowest BCUT2D eigenvalue weighted by Crippen LogP contribution is -1.95. The average molecular weight is 292 g/mol. The molecule has 8 heteroatoms. The van der Waals surface area contributed by atoms with Crippen LogP contribution in [0.2, 0.25) is 5.15 Å². The van der Waals surface area contributed by atoms with Crippen LogP contribution in [0.3, 0.4) is 0 Å². The van der Waals surface area contributed by atoms with E-state index in [9.17, 15) is 10.1 Å². The molecule has 0 radical (unpaired) electrons. The predicted octanol–water partition coefficient (Wildman–Crippen LogP) is 3.58.